The highest BCUT2D eigenvalue weighted by Gasteiger charge is 2.14. The van der Waals surface area contributed by atoms with Crippen molar-refractivity contribution in [2.75, 3.05) is 7.11 Å². The molecule has 2 aromatic carbocycles. The van der Waals surface area contributed by atoms with Gasteiger partial charge in [0.15, 0.2) is 0 Å². The molecule has 20 heavy (non-hydrogen) atoms. The molecule has 3 aromatic rings. The van der Waals surface area contributed by atoms with E-state index in [2.05, 4.69) is 9.97 Å². The summed E-state index contributed by atoms with van der Waals surface area (Å²) in [7, 11) is 1.57. The number of phenols is 1. The molecule has 4 nitrogen and oxygen atoms in total. The second-order valence-corrected chi connectivity index (χ2v) is 4.37. The van der Waals surface area contributed by atoms with Crippen LogP contribution in [0, 0.1) is 0 Å². The Morgan fingerprint density at radius 1 is 1.05 bits per heavy atom. The van der Waals surface area contributed by atoms with Gasteiger partial charge in [-0.2, -0.15) is 0 Å². The van der Waals surface area contributed by atoms with Crippen LogP contribution in [0.25, 0.3) is 22.6 Å². The lowest BCUT2D eigenvalue weighted by molar-refractivity contribution is 0.410. The van der Waals surface area contributed by atoms with E-state index in [1.165, 1.54) is 0 Å². The van der Waals surface area contributed by atoms with Crippen LogP contribution in [0.5, 0.6) is 11.5 Å². The summed E-state index contributed by atoms with van der Waals surface area (Å²) in [6.45, 7) is 0. The summed E-state index contributed by atoms with van der Waals surface area (Å²) in [4.78, 5) is 7.55. The van der Waals surface area contributed by atoms with Crippen LogP contribution in [-0.2, 0) is 0 Å². The molecule has 0 radical (unpaired) electrons. The molecule has 4 heteroatoms. The maximum Gasteiger partial charge on any atom is 0.145 e. The number of hydrogen-bond donors (Lipinski definition) is 2. The molecule has 100 valence electrons. The van der Waals surface area contributed by atoms with Crippen molar-refractivity contribution in [1.82, 2.24) is 9.97 Å². The van der Waals surface area contributed by atoms with Crippen LogP contribution in [0.15, 0.2) is 54.7 Å². The fourth-order valence-corrected chi connectivity index (χ4v) is 2.14. The first kappa shape index (κ1) is 12.3. The maximum absolute atomic E-state index is 10.0. The zero-order chi connectivity index (χ0) is 13.9. The standard InChI is InChI=1S/C16H14N2O2/c1-20-14-9-5-8-13(19)15(14)16-17-10-12(18-16)11-6-3-2-4-7-11/h2-10,19H,1H3,(H,17,18). The summed E-state index contributed by atoms with van der Waals surface area (Å²) in [5, 5.41) is 10.0. The summed E-state index contributed by atoms with van der Waals surface area (Å²) in [6.07, 6.45) is 1.75. The number of aromatic amines is 1. The van der Waals surface area contributed by atoms with Crippen molar-refractivity contribution >= 4 is 0 Å². The number of ether oxygens (including phenoxy) is 1. The van der Waals surface area contributed by atoms with Crippen LogP contribution in [0.3, 0.4) is 0 Å². The number of rotatable bonds is 3. The molecule has 0 spiro atoms. The quantitative estimate of drug-likeness (QED) is 0.763. The van der Waals surface area contributed by atoms with Crippen LogP contribution < -0.4 is 4.74 Å². The minimum absolute atomic E-state index is 0.137. The van der Waals surface area contributed by atoms with Crippen LogP contribution in [-0.4, -0.2) is 22.2 Å². The molecule has 0 fully saturated rings. The highest BCUT2D eigenvalue weighted by molar-refractivity contribution is 5.73. The van der Waals surface area contributed by atoms with Crippen LogP contribution >= 0.6 is 0 Å². The number of benzene rings is 2. The Hall–Kier alpha value is -2.75. The van der Waals surface area contributed by atoms with Crippen molar-refractivity contribution in [2.45, 2.75) is 0 Å². The van der Waals surface area contributed by atoms with E-state index in [4.69, 9.17) is 4.74 Å². The number of H-pyrrole nitrogens is 1. The van der Waals surface area contributed by atoms with E-state index in [1.807, 2.05) is 30.3 Å². The van der Waals surface area contributed by atoms with Gasteiger partial charge in [0.25, 0.3) is 0 Å². The topological polar surface area (TPSA) is 58.1 Å². The zero-order valence-electron chi connectivity index (χ0n) is 11.0. The molecule has 0 saturated heterocycles. The predicted molar refractivity (Wildman–Crippen MR) is 77.7 cm³/mol. The average molecular weight is 266 g/mol. The molecule has 0 aliphatic rings. The molecule has 0 bridgehead atoms. The van der Waals surface area contributed by atoms with Crippen molar-refractivity contribution in [1.29, 1.82) is 0 Å². The number of aromatic nitrogens is 2. The monoisotopic (exact) mass is 266 g/mol. The summed E-state index contributed by atoms with van der Waals surface area (Å²) in [5.41, 5.74) is 2.50. The lowest BCUT2D eigenvalue weighted by Gasteiger charge is -2.07. The van der Waals surface area contributed by atoms with Crippen molar-refractivity contribution in [3.8, 4) is 34.1 Å². The largest absolute Gasteiger partial charge is 0.507 e. The maximum atomic E-state index is 10.0. The van der Waals surface area contributed by atoms with Gasteiger partial charge in [-0.05, 0) is 17.7 Å². The Kier molecular flexibility index (Phi) is 3.13. The van der Waals surface area contributed by atoms with E-state index in [-0.39, 0.29) is 5.75 Å². The van der Waals surface area contributed by atoms with Crippen LogP contribution in [0.2, 0.25) is 0 Å². The van der Waals surface area contributed by atoms with E-state index in [0.717, 1.165) is 11.3 Å². The van der Waals surface area contributed by atoms with Crippen molar-refractivity contribution < 1.29 is 9.84 Å². The van der Waals surface area contributed by atoms with E-state index in [1.54, 1.807) is 31.5 Å². The Morgan fingerprint density at radius 3 is 2.60 bits per heavy atom. The van der Waals surface area contributed by atoms with Gasteiger partial charge in [0.2, 0.25) is 0 Å². The molecule has 0 amide bonds. The molecule has 1 heterocycles. The van der Waals surface area contributed by atoms with Crippen LogP contribution in [0.1, 0.15) is 0 Å². The van der Waals surface area contributed by atoms with Gasteiger partial charge in [0, 0.05) is 0 Å². The first-order valence-electron chi connectivity index (χ1n) is 6.26. The minimum atomic E-state index is 0.137. The predicted octanol–water partition coefficient (Wildman–Crippen LogP) is 3.46. The smallest absolute Gasteiger partial charge is 0.145 e. The summed E-state index contributed by atoms with van der Waals surface area (Å²) in [6, 6.07) is 15.0. The van der Waals surface area contributed by atoms with E-state index < -0.39 is 0 Å². The van der Waals surface area contributed by atoms with Gasteiger partial charge in [-0.25, -0.2) is 4.98 Å². The number of nitrogens with one attached hydrogen (secondary N) is 1. The Balaban J connectivity index is 2.07. The minimum Gasteiger partial charge on any atom is -0.507 e. The van der Waals surface area contributed by atoms with E-state index in [9.17, 15) is 5.11 Å². The third-order valence-corrected chi connectivity index (χ3v) is 3.12. The van der Waals surface area contributed by atoms with E-state index >= 15 is 0 Å². The van der Waals surface area contributed by atoms with Gasteiger partial charge >= 0.3 is 0 Å². The molecular formula is C16H14N2O2. The van der Waals surface area contributed by atoms with Crippen molar-refractivity contribution in [3.05, 3.63) is 54.7 Å². The molecule has 3 rings (SSSR count). The highest BCUT2D eigenvalue weighted by Crippen LogP contribution is 2.36. The summed E-state index contributed by atoms with van der Waals surface area (Å²) >= 11 is 0. The highest BCUT2D eigenvalue weighted by atomic mass is 16.5. The van der Waals surface area contributed by atoms with Crippen molar-refractivity contribution in [2.24, 2.45) is 0 Å². The number of imidazole rings is 1. The lowest BCUT2D eigenvalue weighted by atomic mass is 10.1. The fourth-order valence-electron chi connectivity index (χ4n) is 2.14. The molecule has 0 aliphatic carbocycles. The Bertz CT molecular complexity index is 720. The van der Waals surface area contributed by atoms with Gasteiger partial charge < -0.3 is 14.8 Å². The fraction of sp³-hybridized carbons (Fsp3) is 0.0625. The number of phenolic OH excluding ortho intramolecular Hbond substituents is 1. The Labute approximate surface area is 116 Å². The van der Waals surface area contributed by atoms with Crippen molar-refractivity contribution in [3.63, 3.8) is 0 Å². The van der Waals surface area contributed by atoms with Gasteiger partial charge in [-0.3, -0.25) is 0 Å². The first-order valence-corrected chi connectivity index (χ1v) is 6.26. The summed E-state index contributed by atoms with van der Waals surface area (Å²) < 4.78 is 5.28. The lowest BCUT2D eigenvalue weighted by Crippen LogP contribution is -1.89. The SMILES string of the molecule is COc1cccc(O)c1-c1ncc(-c2ccccc2)[nH]1. The van der Waals surface area contributed by atoms with Gasteiger partial charge in [0.05, 0.1) is 19.0 Å². The normalized spacial score (nSPS) is 10.4. The second kappa shape index (κ2) is 5.09. The molecule has 0 saturated carbocycles. The third kappa shape index (κ3) is 2.12. The molecular weight excluding hydrogens is 252 g/mol. The van der Waals surface area contributed by atoms with Gasteiger partial charge in [0.1, 0.15) is 22.9 Å². The Morgan fingerprint density at radius 2 is 1.85 bits per heavy atom. The molecule has 1 aromatic heterocycles. The number of methoxy groups -OCH3 is 1. The average Bonchev–Trinajstić information content (AvgIpc) is 2.97. The molecule has 0 aliphatic heterocycles. The molecule has 0 atom stereocenters. The first-order chi connectivity index (χ1) is 9.79. The van der Waals surface area contributed by atoms with E-state index in [0.29, 0.717) is 17.1 Å². The summed E-state index contributed by atoms with van der Waals surface area (Å²) in [5.74, 6) is 1.30. The molecule has 0 unspecified atom stereocenters. The second-order valence-electron chi connectivity index (χ2n) is 4.37. The molecule has 2 N–H and O–H groups in total. The third-order valence-electron chi connectivity index (χ3n) is 3.12. The zero-order valence-corrected chi connectivity index (χ0v) is 11.0. The van der Waals surface area contributed by atoms with Gasteiger partial charge in [-0.1, -0.05) is 36.4 Å². The number of hydrogen-bond acceptors (Lipinski definition) is 3. The van der Waals surface area contributed by atoms with Gasteiger partial charge in [-0.15, -0.1) is 0 Å². The van der Waals surface area contributed by atoms with Crippen LogP contribution in [0.4, 0.5) is 0 Å². The number of aromatic hydroxyl groups is 1. The number of nitrogens with zero attached hydrogens (tertiary/aromatic N) is 1.